The van der Waals surface area contributed by atoms with Crippen LogP contribution in [0.15, 0.2) is 59.5 Å². The number of rotatable bonds is 2. The van der Waals surface area contributed by atoms with Crippen molar-refractivity contribution >= 4 is 10.8 Å². The first-order valence-corrected chi connectivity index (χ1v) is 6.46. The first-order valence-electron chi connectivity index (χ1n) is 6.46. The van der Waals surface area contributed by atoms with E-state index in [9.17, 15) is 9.18 Å². The van der Waals surface area contributed by atoms with Gasteiger partial charge in [0.15, 0.2) is 0 Å². The molecule has 0 aliphatic rings. The van der Waals surface area contributed by atoms with Crippen molar-refractivity contribution in [3.05, 3.63) is 82.0 Å². The lowest BCUT2D eigenvalue weighted by molar-refractivity contribution is 0.596. The molecule has 1 aromatic heterocycles. The molecule has 0 saturated heterocycles. The summed E-state index contributed by atoms with van der Waals surface area (Å²) in [6.45, 7) is 0.102. The Morgan fingerprint density at radius 2 is 1.95 bits per heavy atom. The maximum absolute atomic E-state index is 13.8. The zero-order valence-electron chi connectivity index (χ0n) is 11.1. The topological polar surface area (TPSA) is 45.8 Å². The molecule has 0 radical (unpaired) electrons. The molecule has 0 fully saturated rings. The molecule has 3 rings (SSSR count). The second-order valence-electron chi connectivity index (χ2n) is 4.75. The third kappa shape index (κ3) is 2.41. The van der Waals surface area contributed by atoms with E-state index < -0.39 is 5.82 Å². The van der Waals surface area contributed by atoms with E-state index >= 15 is 0 Å². The van der Waals surface area contributed by atoms with Crippen LogP contribution in [0.3, 0.4) is 0 Å². The molecule has 4 heteroatoms. The van der Waals surface area contributed by atoms with Gasteiger partial charge in [-0.25, -0.2) is 4.39 Å². The van der Waals surface area contributed by atoms with E-state index in [1.54, 1.807) is 18.3 Å². The first kappa shape index (κ1) is 13.1. The van der Waals surface area contributed by atoms with Crippen molar-refractivity contribution in [3.8, 4) is 6.07 Å². The second kappa shape index (κ2) is 5.22. The summed E-state index contributed by atoms with van der Waals surface area (Å²) >= 11 is 0. The fourth-order valence-corrected chi connectivity index (χ4v) is 2.30. The molecule has 102 valence electrons. The molecule has 21 heavy (non-hydrogen) atoms. The van der Waals surface area contributed by atoms with E-state index in [1.807, 2.05) is 24.3 Å². The van der Waals surface area contributed by atoms with Crippen molar-refractivity contribution in [2.45, 2.75) is 6.54 Å². The molecule has 0 bridgehead atoms. The molecule has 0 aliphatic carbocycles. The van der Waals surface area contributed by atoms with Crippen molar-refractivity contribution in [3.63, 3.8) is 0 Å². The van der Waals surface area contributed by atoms with E-state index in [0.29, 0.717) is 16.5 Å². The monoisotopic (exact) mass is 278 g/mol. The van der Waals surface area contributed by atoms with Crippen molar-refractivity contribution < 1.29 is 4.39 Å². The molecule has 0 amide bonds. The smallest absolute Gasteiger partial charge is 0.258 e. The number of hydrogen-bond acceptors (Lipinski definition) is 2. The van der Waals surface area contributed by atoms with Gasteiger partial charge in [0, 0.05) is 17.1 Å². The predicted octanol–water partition coefficient (Wildman–Crippen LogP) is 3.06. The Morgan fingerprint density at radius 1 is 1.14 bits per heavy atom. The van der Waals surface area contributed by atoms with Crippen LogP contribution in [0.4, 0.5) is 4.39 Å². The van der Waals surface area contributed by atoms with Gasteiger partial charge in [0.2, 0.25) is 0 Å². The fraction of sp³-hybridized carbons (Fsp3) is 0.0588. The van der Waals surface area contributed by atoms with Gasteiger partial charge in [-0.2, -0.15) is 5.26 Å². The Balaban J connectivity index is 2.09. The lowest BCUT2D eigenvalue weighted by Gasteiger charge is -2.08. The quantitative estimate of drug-likeness (QED) is 0.723. The van der Waals surface area contributed by atoms with Gasteiger partial charge in [0.25, 0.3) is 5.56 Å². The van der Waals surface area contributed by atoms with Gasteiger partial charge >= 0.3 is 0 Å². The van der Waals surface area contributed by atoms with E-state index in [2.05, 4.69) is 0 Å². The summed E-state index contributed by atoms with van der Waals surface area (Å²) in [7, 11) is 0. The maximum Gasteiger partial charge on any atom is 0.258 e. The molecule has 0 N–H and O–H groups in total. The summed E-state index contributed by atoms with van der Waals surface area (Å²) in [5.74, 6) is -0.422. The standard InChI is InChI=1S/C17H11FN2O/c18-16-6-5-12(10-19)9-14(16)11-20-8-7-13-3-1-2-4-15(13)17(20)21/h1-9H,11H2. The van der Waals surface area contributed by atoms with Gasteiger partial charge in [0.1, 0.15) is 5.82 Å². The molecular weight excluding hydrogens is 267 g/mol. The van der Waals surface area contributed by atoms with Crippen molar-refractivity contribution in [1.29, 1.82) is 5.26 Å². The van der Waals surface area contributed by atoms with Crippen LogP contribution in [0.2, 0.25) is 0 Å². The third-order valence-electron chi connectivity index (χ3n) is 3.40. The van der Waals surface area contributed by atoms with Crippen LogP contribution in [0.5, 0.6) is 0 Å². The summed E-state index contributed by atoms with van der Waals surface area (Å²) in [5, 5.41) is 10.3. The molecule has 0 spiro atoms. The highest BCUT2D eigenvalue weighted by Crippen LogP contribution is 2.13. The Bertz CT molecular complexity index is 922. The first-order chi connectivity index (χ1) is 10.2. The van der Waals surface area contributed by atoms with Gasteiger partial charge in [-0.05, 0) is 35.7 Å². The average molecular weight is 278 g/mol. The maximum atomic E-state index is 13.8. The minimum atomic E-state index is -0.422. The van der Waals surface area contributed by atoms with Gasteiger partial charge in [-0.1, -0.05) is 18.2 Å². The van der Waals surface area contributed by atoms with Crippen LogP contribution < -0.4 is 5.56 Å². The molecular formula is C17H11FN2O. The minimum Gasteiger partial charge on any atom is -0.310 e. The summed E-state index contributed by atoms with van der Waals surface area (Å²) in [6, 6.07) is 15.2. The van der Waals surface area contributed by atoms with Crippen LogP contribution in [0, 0.1) is 17.1 Å². The fourth-order valence-electron chi connectivity index (χ4n) is 2.30. The number of aromatic nitrogens is 1. The lowest BCUT2D eigenvalue weighted by Crippen LogP contribution is -2.20. The number of nitriles is 1. The molecule has 1 heterocycles. The van der Waals surface area contributed by atoms with Crippen LogP contribution in [-0.2, 0) is 6.54 Å². The number of fused-ring (bicyclic) bond motifs is 1. The summed E-state index contributed by atoms with van der Waals surface area (Å²) < 4.78 is 15.3. The molecule has 0 unspecified atom stereocenters. The van der Waals surface area contributed by atoms with Crippen LogP contribution in [-0.4, -0.2) is 4.57 Å². The minimum absolute atomic E-state index is 0.102. The zero-order chi connectivity index (χ0) is 14.8. The largest absolute Gasteiger partial charge is 0.310 e. The number of pyridine rings is 1. The second-order valence-corrected chi connectivity index (χ2v) is 4.75. The van der Waals surface area contributed by atoms with E-state index in [4.69, 9.17) is 5.26 Å². The zero-order valence-corrected chi connectivity index (χ0v) is 11.1. The Hall–Kier alpha value is -2.93. The average Bonchev–Trinajstić information content (AvgIpc) is 2.52. The summed E-state index contributed by atoms with van der Waals surface area (Å²) in [6.07, 6.45) is 1.64. The molecule has 0 atom stereocenters. The SMILES string of the molecule is N#Cc1ccc(F)c(Cn2ccc3ccccc3c2=O)c1. The number of benzene rings is 2. The number of hydrogen-bond donors (Lipinski definition) is 0. The normalized spacial score (nSPS) is 10.5. The highest BCUT2D eigenvalue weighted by molar-refractivity contribution is 5.81. The number of halogens is 1. The molecule has 2 aromatic carbocycles. The Labute approximate surface area is 120 Å². The molecule has 0 aliphatic heterocycles. The van der Waals surface area contributed by atoms with Crippen LogP contribution in [0.25, 0.3) is 10.8 Å². The third-order valence-corrected chi connectivity index (χ3v) is 3.40. The van der Waals surface area contributed by atoms with Crippen LogP contribution >= 0.6 is 0 Å². The Kier molecular flexibility index (Phi) is 3.25. The number of nitrogens with zero attached hydrogens (tertiary/aromatic N) is 2. The van der Waals surface area contributed by atoms with Gasteiger partial charge in [-0.15, -0.1) is 0 Å². The molecule has 0 saturated carbocycles. The van der Waals surface area contributed by atoms with E-state index in [-0.39, 0.29) is 12.1 Å². The van der Waals surface area contributed by atoms with Crippen LogP contribution in [0.1, 0.15) is 11.1 Å². The summed E-state index contributed by atoms with van der Waals surface area (Å²) in [4.78, 5) is 12.4. The van der Waals surface area contributed by atoms with E-state index in [0.717, 1.165) is 5.39 Å². The van der Waals surface area contributed by atoms with E-state index in [1.165, 1.54) is 22.8 Å². The van der Waals surface area contributed by atoms with Crippen molar-refractivity contribution in [2.75, 3.05) is 0 Å². The van der Waals surface area contributed by atoms with Crippen molar-refractivity contribution in [2.24, 2.45) is 0 Å². The van der Waals surface area contributed by atoms with Crippen molar-refractivity contribution in [1.82, 2.24) is 4.57 Å². The highest BCUT2D eigenvalue weighted by atomic mass is 19.1. The highest BCUT2D eigenvalue weighted by Gasteiger charge is 2.07. The van der Waals surface area contributed by atoms with Gasteiger partial charge < -0.3 is 4.57 Å². The summed E-state index contributed by atoms with van der Waals surface area (Å²) in [5.41, 5.74) is 0.529. The molecule has 3 aromatic rings. The predicted molar refractivity (Wildman–Crippen MR) is 78.4 cm³/mol. The lowest BCUT2D eigenvalue weighted by atomic mass is 10.1. The van der Waals surface area contributed by atoms with Gasteiger partial charge in [-0.3, -0.25) is 4.79 Å². The molecule has 3 nitrogen and oxygen atoms in total. The Morgan fingerprint density at radius 3 is 2.76 bits per heavy atom. The van der Waals surface area contributed by atoms with Gasteiger partial charge in [0.05, 0.1) is 18.2 Å².